The summed E-state index contributed by atoms with van der Waals surface area (Å²) >= 11 is 0. The van der Waals surface area contributed by atoms with E-state index in [0.717, 1.165) is 18.4 Å². The number of carboxylic acid groups (broad SMARTS) is 1. The van der Waals surface area contributed by atoms with E-state index in [0.29, 0.717) is 18.6 Å². The highest BCUT2D eigenvalue weighted by atomic mass is 16.4. The predicted molar refractivity (Wildman–Crippen MR) is 82.5 cm³/mol. The number of pyridine rings is 1. The normalized spacial score (nSPS) is 18.1. The van der Waals surface area contributed by atoms with Crippen LogP contribution in [0.4, 0.5) is 0 Å². The summed E-state index contributed by atoms with van der Waals surface area (Å²) in [6.07, 6.45) is 4.70. The molecule has 1 saturated heterocycles. The van der Waals surface area contributed by atoms with Crippen LogP contribution in [0, 0.1) is 6.92 Å². The molecule has 23 heavy (non-hydrogen) atoms. The lowest BCUT2D eigenvalue weighted by Crippen LogP contribution is -2.49. The van der Waals surface area contributed by atoms with Crippen LogP contribution in [0.15, 0.2) is 29.3 Å². The first-order chi connectivity index (χ1) is 11.0. The number of carbonyl (C=O) groups excluding carboxylic acids is 1. The Kier molecular flexibility index (Phi) is 3.85. The van der Waals surface area contributed by atoms with Crippen LogP contribution in [0.1, 0.15) is 35.2 Å². The quantitative estimate of drug-likeness (QED) is 0.895. The second-order valence-corrected chi connectivity index (χ2v) is 5.71. The zero-order valence-electron chi connectivity index (χ0n) is 12.7. The van der Waals surface area contributed by atoms with Gasteiger partial charge in [-0.2, -0.15) is 0 Å². The Balaban J connectivity index is 2.06. The van der Waals surface area contributed by atoms with Crippen molar-refractivity contribution in [1.29, 1.82) is 0 Å². The Bertz CT molecular complexity index is 843. The van der Waals surface area contributed by atoms with Gasteiger partial charge in [0.15, 0.2) is 0 Å². The Morgan fingerprint density at radius 2 is 2.13 bits per heavy atom. The van der Waals surface area contributed by atoms with Gasteiger partial charge in [-0.15, -0.1) is 0 Å². The van der Waals surface area contributed by atoms with E-state index in [-0.39, 0.29) is 5.56 Å². The maximum Gasteiger partial charge on any atom is 0.326 e. The Morgan fingerprint density at radius 3 is 2.87 bits per heavy atom. The SMILES string of the molecule is Cc1cccn2c(=O)c(C(=O)N3CCCCC3C(=O)O)cnc12. The van der Waals surface area contributed by atoms with E-state index in [2.05, 4.69) is 4.98 Å². The summed E-state index contributed by atoms with van der Waals surface area (Å²) in [4.78, 5) is 42.1. The van der Waals surface area contributed by atoms with Gasteiger partial charge in [-0.3, -0.25) is 14.0 Å². The maximum atomic E-state index is 12.7. The predicted octanol–water partition coefficient (Wildman–Crippen LogP) is 1.08. The number of aliphatic carboxylic acids is 1. The van der Waals surface area contributed by atoms with Crippen molar-refractivity contribution >= 4 is 17.5 Å². The van der Waals surface area contributed by atoms with E-state index in [1.807, 2.05) is 13.0 Å². The first-order valence-corrected chi connectivity index (χ1v) is 7.51. The van der Waals surface area contributed by atoms with Crippen molar-refractivity contribution in [3.63, 3.8) is 0 Å². The lowest BCUT2D eigenvalue weighted by molar-refractivity contribution is -0.143. The minimum absolute atomic E-state index is 0.0961. The molecule has 1 N–H and O–H groups in total. The molecule has 1 aliphatic heterocycles. The Hall–Kier alpha value is -2.70. The lowest BCUT2D eigenvalue weighted by atomic mass is 10.0. The lowest BCUT2D eigenvalue weighted by Gasteiger charge is -2.32. The molecule has 1 unspecified atom stereocenters. The molecule has 7 heteroatoms. The third kappa shape index (κ3) is 2.58. The van der Waals surface area contributed by atoms with Crippen molar-refractivity contribution in [3.05, 3.63) is 46.0 Å². The van der Waals surface area contributed by atoms with Gasteiger partial charge in [0, 0.05) is 18.9 Å². The molecule has 0 aliphatic carbocycles. The first-order valence-electron chi connectivity index (χ1n) is 7.51. The van der Waals surface area contributed by atoms with Crippen LogP contribution in [0.25, 0.3) is 5.65 Å². The topological polar surface area (TPSA) is 92.0 Å². The van der Waals surface area contributed by atoms with Crippen LogP contribution in [0.3, 0.4) is 0 Å². The summed E-state index contributed by atoms with van der Waals surface area (Å²) < 4.78 is 1.32. The summed E-state index contributed by atoms with van der Waals surface area (Å²) in [7, 11) is 0. The standard InChI is InChI=1S/C16H17N3O4/c1-10-5-4-8-19-13(10)17-9-11(15(19)21)14(20)18-7-3-2-6-12(18)16(22)23/h4-5,8-9,12H,2-3,6-7H2,1H3,(H,22,23). The van der Waals surface area contributed by atoms with Crippen molar-refractivity contribution in [1.82, 2.24) is 14.3 Å². The van der Waals surface area contributed by atoms with Crippen molar-refractivity contribution in [2.75, 3.05) is 6.54 Å². The summed E-state index contributed by atoms with van der Waals surface area (Å²) in [5, 5.41) is 9.29. The van der Waals surface area contributed by atoms with Crippen molar-refractivity contribution in [2.24, 2.45) is 0 Å². The van der Waals surface area contributed by atoms with Crippen LogP contribution in [0.5, 0.6) is 0 Å². The van der Waals surface area contributed by atoms with Gasteiger partial charge in [-0.1, -0.05) is 6.07 Å². The first kappa shape index (κ1) is 15.2. The average molecular weight is 315 g/mol. The largest absolute Gasteiger partial charge is 0.480 e. The number of likely N-dealkylation sites (tertiary alicyclic amines) is 1. The van der Waals surface area contributed by atoms with Gasteiger partial charge < -0.3 is 10.0 Å². The Morgan fingerprint density at radius 1 is 1.35 bits per heavy atom. The number of aryl methyl sites for hydroxylation is 1. The molecule has 1 fully saturated rings. The highest BCUT2D eigenvalue weighted by molar-refractivity contribution is 5.96. The molecule has 0 aromatic carbocycles. The van der Waals surface area contributed by atoms with E-state index in [1.54, 1.807) is 12.3 Å². The van der Waals surface area contributed by atoms with E-state index < -0.39 is 23.5 Å². The molecule has 1 amide bonds. The highest BCUT2D eigenvalue weighted by Crippen LogP contribution is 2.19. The van der Waals surface area contributed by atoms with Gasteiger partial charge in [0.25, 0.3) is 11.5 Å². The molecule has 1 atom stereocenters. The molecule has 0 saturated carbocycles. The molecule has 0 spiro atoms. The highest BCUT2D eigenvalue weighted by Gasteiger charge is 2.33. The number of fused-ring (bicyclic) bond motifs is 1. The molecule has 0 radical (unpaired) electrons. The van der Waals surface area contributed by atoms with Gasteiger partial charge in [0.2, 0.25) is 0 Å². The fourth-order valence-electron chi connectivity index (χ4n) is 2.98. The number of hydrogen-bond donors (Lipinski definition) is 1. The van der Waals surface area contributed by atoms with E-state index in [4.69, 9.17) is 0 Å². The number of aromatic nitrogens is 2. The van der Waals surface area contributed by atoms with Crippen LogP contribution in [-0.2, 0) is 4.79 Å². The second-order valence-electron chi connectivity index (χ2n) is 5.71. The molecule has 7 nitrogen and oxygen atoms in total. The summed E-state index contributed by atoms with van der Waals surface area (Å²) in [5.74, 6) is -1.60. The monoisotopic (exact) mass is 315 g/mol. The minimum atomic E-state index is -1.04. The number of nitrogens with zero attached hydrogens (tertiary/aromatic N) is 3. The summed E-state index contributed by atoms with van der Waals surface area (Å²) in [6.45, 7) is 2.17. The third-order valence-electron chi connectivity index (χ3n) is 4.21. The van der Waals surface area contributed by atoms with E-state index >= 15 is 0 Å². The second kappa shape index (κ2) is 5.83. The van der Waals surface area contributed by atoms with E-state index in [9.17, 15) is 19.5 Å². The van der Waals surface area contributed by atoms with Crippen molar-refractivity contribution < 1.29 is 14.7 Å². The van der Waals surface area contributed by atoms with Gasteiger partial charge in [0.1, 0.15) is 17.3 Å². The van der Waals surface area contributed by atoms with Gasteiger partial charge >= 0.3 is 5.97 Å². The smallest absolute Gasteiger partial charge is 0.326 e. The molecule has 0 bridgehead atoms. The number of piperidine rings is 1. The van der Waals surface area contributed by atoms with Gasteiger partial charge in [0.05, 0.1) is 0 Å². The van der Waals surface area contributed by atoms with Crippen LogP contribution in [0.2, 0.25) is 0 Å². The minimum Gasteiger partial charge on any atom is -0.480 e. The fraction of sp³-hybridized carbons (Fsp3) is 0.375. The molecular weight excluding hydrogens is 298 g/mol. The number of rotatable bonds is 2. The molecule has 2 aromatic heterocycles. The van der Waals surface area contributed by atoms with Crippen LogP contribution >= 0.6 is 0 Å². The molecule has 3 rings (SSSR count). The molecule has 1 aliphatic rings. The molecule has 120 valence electrons. The maximum absolute atomic E-state index is 12.7. The number of carbonyl (C=O) groups is 2. The third-order valence-corrected chi connectivity index (χ3v) is 4.21. The summed E-state index contributed by atoms with van der Waals surface area (Å²) in [5.41, 5.74) is 0.743. The Labute approximate surface area is 132 Å². The molecule has 3 heterocycles. The number of hydrogen-bond acceptors (Lipinski definition) is 4. The molecular formula is C16H17N3O4. The van der Waals surface area contributed by atoms with Crippen LogP contribution < -0.4 is 5.56 Å². The zero-order valence-corrected chi connectivity index (χ0v) is 12.7. The van der Waals surface area contributed by atoms with Crippen molar-refractivity contribution in [3.8, 4) is 0 Å². The average Bonchev–Trinajstić information content (AvgIpc) is 2.55. The van der Waals surface area contributed by atoms with Crippen molar-refractivity contribution in [2.45, 2.75) is 32.2 Å². The van der Waals surface area contributed by atoms with Gasteiger partial charge in [-0.05, 0) is 37.8 Å². The van der Waals surface area contributed by atoms with E-state index in [1.165, 1.54) is 15.5 Å². The summed E-state index contributed by atoms with van der Waals surface area (Å²) in [6, 6.07) is 2.66. The fourth-order valence-corrected chi connectivity index (χ4v) is 2.98. The number of carboxylic acids is 1. The number of amides is 1. The zero-order chi connectivity index (χ0) is 16.6. The van der Waals surface area contributed by atoms with Gasteiger partial charge in [-0.25, -0.2) is 9.78 Å². The van der Waals surface area contributed by atoms with Crippen LogP contribution in [-0.4, -0.2) is 43.9 Å². The molecule has 2 aromatic rings.